The second-order valence-corrected chi connectivity index (χ2v) is 6.25. The molecule has 1 saturated carbocycles. The highest BCUT2D eigenvalue weighted by atomic mass is 15.1. The molecule has 1 fully saturated rings. The molecule has 2 heteroatoms. The van der Waals surface area contributed by atoms with Crippen molar-refractivity contribution in [2.45, 2.75) is 78.2 Å². The summed E-state index contributed by atoms with van der Waals surface area (Å²) in [5, 5.41) is 3.81. The molecule has 0 amide bonds. The van der Waals surface area contributed by atoms with Gasteiger partial charge in [0.25, 0.3) is 0 Å². The lowest BCUT2D eigenvalue weighted by Gasteiger charge is -2.22. The normalized spacial score (nSPS) is 24.6. The molecule has 0 radical (unpaired) electrons. The van der Waals surface area contributed by atoms with Crippen molar-refractivity contribution in [1.29, 1.82) is 0 Å². The van der Waals surface area contributed by atoms with Crippen LogP contribution in [-0.2, 0) is 0 Å². The van der Waals surface area contributed by atoms with Gasteiger partial charge < -0.3 is 10.2 Å². The van der Waals surface area contributed by atoms with Gasteiger partial charge in [-0.1, -0.05) is 46.5 Å². The molecule has 1 aliphatic rings. The van der Waals surface area contributed by atoms with Crippen molar-refractivity contribution in [3.63, 3.8) is 0 Å². The predicted molar refractivity (Wildman–Crippen MR) is 85.7 cm³/mol. The van der Waals surface area contributed by atoms with E-state index in [9.17, 15) is 0 Å². The summed E-state index contributed by atoms with van der Waals surface area (Å²) in [6.45, 7) is 11.7. The Morgan fingerprint density at radius 1 is 0.947 bits per heavy atom. The minimum absolute atomic E-state index is 0.794. The molecule has 1 N–H and O–H groups in total. The molecule has 0 spiro atoms. The SMILES string of the molecule is CCCC1CCCC(NCCN(CC)CCC)CC1. The summed E-state index contributed by atoms with van der Waals surface area (Å²) in [6.07, 6.45) is 11.3. The van der Waals surface area contributed by atoms with Crippen molar-refractivity contribution >= 4 is 0 Å². The van der Waals surface area contributed by atoms with Crippen molar-refractivity contribution in [2.24, 2.45) is 5.92 Å². The Hall–Kier alpha value is -0.0800. The lowest BCUT2D eigenvalue weighted by molar-refractivity contribution is 0.279. The topological polar surface area (TPSA) is 15.3 Å². The van der Waals surface area contributed by atoms with Crippen LogP contribution in [0.5, 0.6) is 0 Å². The maximum Gasteiger partial charge on any atom is 0.0107 e. The van der Waals surface area contributed by atoms with E-state index in [2.05, 4.69) is 31.0 Å². The van der Waals surface area contributed by atoms with Gasteiger partial charge in [-0.15, -0.1) is 0 Å². The average Bonchev–Trinajstić information content (AvgIpc) is 2.64. The van der Waals surface area contributed by atoms with E-state index in [0.717, 1.165) is 12.0 Å². The maximum absolute atomic E-state index is 3.81. The lowest BCUT2D eigenvalue weighted by Crippen LogP contribution is -2.37. The van der Waals surface area contributed by atoms with Crippen LogP contribution < -0.4 is 5.32 Å². The molecular formula is C17H36N2. The molecule has 1 aliphatic carbocycles. The van der Waals surface area contributed by atoms with Crippen molar-refractivity contribution in [3.05, 3.63) is 0 Å². The molecule has 1 rings (SSSR count). The number of hydrogen-bond donors (Lipinski definition) is 1. The summed E-state index contributed by atoms with van der Waals surface area (Å²) in [4.78, 5) is 2.56. The minimum atomic E-state index is 0.794. The van der Waals surface area contributed by atoms with Gasteiger partial charge in [0.05, 0.1) is 0 Å². The number of rotatable bonds is 9. The van der Waals surface area contributed by atoms with Crippen molar-refractivity contribution in [3.8, 4) is 0 Å². The smallest absolute Gasteiger partial charge is 0.0107 e. The van der Waals surface area contributed by atoms with E-state index in [1.807, 2.05) is 0 Å². The molecule has 114 valence electrons. The molecular weight excluding hydrogens is 232 g/mol. The Labute approximate surface area is 121 Å². The Morgan fingerprint density at radius 2 is 1.79 bits per heavy atom. The monoisotopic (exact) mass is 268 g/mol. The number of likely N-dealkylation sites (N-methyl/N-ethyl adjacent to an activating group) is 1. The third-order valence-electron chi connectivity index (χ3n) is 4.63. The average molecular weight is 268 g/mol. The van der Waals surface area contributed by atoms with E-state index in [1.165, 1.54) is 77.5 Å². The van der Waals surface area contributed by atoms with Crippen LogP contribution >= 0.6 is 0 Å². The summed E-state index contributed by atoms with van der Waals surface area (Å²) < 4.78 is 0. The fourth-order valence-electron chi connectivity index (χ4n) is 3.45. The first-order chi connectivity index (χ1) is 9.30. The summed E-state index contributed by atoms with van der Waals surface area (Å²) in [5.41, 5.74) is 0. The first kappa shape index (κ1) is 17.0. The lowest BCUT2D eigenvalue weighted by atomic mass is 9.95. The molecule has 0 aromatic carbocycles. The summed E-state index contributed by atoms with van der Waals surface area (Å²) in [5.74, 6) is 1.02. The second-order valence-electron chi connectivity index (χ2n) is 6.25. The quantitative estimate of drug-likeness (QED) is 0.635. The first-order valence-corrected chi connectivity index (χ1v) is 8.75. The Kier molecular flexibility index (Phi) is 9.54. The molecule has 2 unspecified atom stereocenters. The van der Waals surface area contributed by atoms with E-state index >= 15 is 0 Å². The van der Waals surface area contributed by atoms with Crippen molar-refractivity contribution < 1.29 is 0 Å². The number of nitrogens with zero attached hydrogens (tertiary/aromatic N) is 1. The Balaban J connectivity index is 2.15. The molecule has 0 bridgehead atoms. The summed E-state index contributed by atoms with van der Waals surface area (Å²) >= 11 is 0. The number of nitrogens with one attached hydrogen (secondary N) is 1. The standard InChI is InChI=1S/C17H36N2/c1-4-8-16-9-7-10-17(12-11-16)18-13-15-19(6-3)14-5-2/h16-18H,4-15H2,1-3H3. The molecule has 19 heavy (non-hydrogen) atoms. The van der Waals surface area contributed by atoms with Crippen LogP contribution in [0.25, 0.3) is 0 Å². The van der Waals surface area contributed by atoms with Crippen LogP contribution in [0.3, 0.4) is 0 Å². The summed E-state index contributed by atoms with van der Waals surface area (Å²) in [6, 6.07) is 0.794. The van der Waals surface area contributed by atoms with Gasteiger partial charge in [-0.05, 0) is 44.7 Å². The highest BCUT2D eigenvalue weighted by molar-refractivity contribution is 4.75. The zero-order valence-corrected chi connectivity index (χ0v) is 13.6. The maximum atomic E-state index is 3.81. The minimum Gasteiger partial charge on any atom is -0.313 e. The van der Waals surface area contributed by atoms with Crippen LogP contribution in [0.4, 0.5) is 0 Å². The number of hydrogen-bond acceptors (Lipinski definition) is 2. The molecule has 0 heterocycles. The summed E-state index contributed by atoms with van der Waals surface area (Å²) in [7, 11) is 0. The van der Waals surface area contributed by atoms with Gasteiger partial charge in [-0.3, -0.25) is 0 Å². The van der Waals surface area contributed by atoms with E-state index < -0.39 is 0 Å². The van der Waals surface area contributed by atoms with Crippen LogP contribution in [0.2, 0.25) is 0 Å². The van der Waals surface area contributed by atoms with Gasteiger partial charge in [-0.25, -0.2) is 0 Å². The van der Waals surface area contributed by atoms with Gasteiger partial charge in [-0.2, -0.15) is 0 Å². The highest BCUT2D eigenvalue weighted by Crippen LogP contribution is 2.26. The van der Waals surface area contributed by atoms with Gasteiger partial charge in [0.2, 0.25) is 0 Å². The van der Waals surface area contributed by atoms with Gasteiger partial charge in [0.1, 0.15) is 0 Å². The van der Waals surface area contributed by atoms with Gasteiger partial charge >= 0.3 is 0 Å². The molecule has 0 aromatic heterocycles. The molecule has 0 aromatic rings. The third kappa shape index (κ3) is 7.31. The van der Waals surface area contributed by atoms with Crippen LogP contribution in [-0.4, -0.2) is 37.1 Å². The third-order valence-corrected chi connectivity index (χ3v) is 4.63. The van der Waals surface area contributed by atoms with Gasteiger partial charge in [0, 0.05) is 19.1 Å². The van der Waals surface area contributed by atoms with E-state index in [1.54, 1.807) is 0 Å². The molecule has 2 atom stereocenters. The zero-order valence-electron chi connectivity index (χ0n) is 13.6. The molecule has 2 nitrogen and oxygen atoms in total. The highest BCUT2D eigenvalue weighted by Gasteiger charge is 2.17. The van der Waals surface area contributed by atoms with Gasteiger partial charge in [0.15, 0.2) is 0 Å². The van der Waals surface area contributed by atoms with E-state index in [4.69, 9.17) is 0 Å². The van der Waals surface area contributed by atoms with E-state index in [-0.39, 0.29) is 0 Å². The Bertz CT molecular complexity index is 205. The van der Waals surface area contributed by atoms with E-state index in [0.29, 0.717) is 0 Å². The van der Waals surface area contributed by atoms with Crippen LogP contribution in [0, 0.1) is 5.92 Å². The second kappa shape index (κ2) is 10.7. The molecule has 0 saturated heterocycles. The van der Waals surface area contributed by atoms with Crippen molar-refractivity contribution in [1.82, 2.24) is 10.2 Å². The van der Waals surface area contributed by atoms with Crippen LogP contribution in [0.1, 0.15) is 72.1 Å². The van der Waals surface area contributed by atoms with Crippen LogP contribution in [0.15, 0.2) is 0 Å². The Morgan fingerprint density at radius 3 is 2.47 bits per heavy atom. The van der Waals surface area contributed by atoms with Crippen molar-refractivity contribution in [2.75, 3.05) is 26.2 Å². The fraction of sp³-hybridized carbons (Fsp3) is 1.00. The first-order valence-electron chi connectivity index (χ1n) is 8.75. The largest absolute Gasteiger partial charge is 0.313 e. The fourth-order valence-corrected chi connectivity index (χ4v) is 3.45. The zero-order chi connectivity index (χ0) is 13.9. The predicted octanol–water partition coefficient (Wildman–Crippen LogP) is 4.06. The molecule has 0 aliphatic heterocycles.